The van der Waals surface area contributed by atoms with Crippen LogP contribution in [-0.4, -0.2) is 67.1 Å². The molecule has 3 aliphatic rings. The van der Waals surface area contributed by atoms with E-state index in [-0.39, 0.29) is 5.91 Å². The molecule has 0 bridgehead atoms. The van der Waals surface area contributed by atoms with Gasteiger partial charge in [0.05, 0.1) is 16.7 Å². The van der Waals surface area contributed by atoms with E-state index in [0.29, 0.717) is 22.7 Å². The summed E-state index contributed by atoms with van der Waals surface area (Å²) in [5.41, 5.74) is 0.587. The molecule has 3 fully saturated rings. The van der Waals surface area contributed by atoms with Crippen molar-refractivity contribution >= 4 is 17.5 Å². The van der Waals surface area contributed by atoms with Gasteiger partial charge in [0.25, 0.3) is 5.91 Å². The van der Waals surface area contributed by atoms with E-state index >= 15 is 0 Å². The fourth-order valence-electron chi connectivity index (χ4n) is 3.87. The first-order chi connectivity index (χ1) is 12.2. The number of likely N-dealkylation sites (tertiary alicyclic amines) is 1. The molecule has 5 nitrogen and oxygen atoms in total. The van der Waals surface area contributed by atoms with Gasteiger partial charge in [0.2, 0.25) is 0 Å². The van der Waals surface area contributed by atoms with E-state index in [1.54, 1.807) is 6.07 Å². The van der Waals surface area contributed by atoms with Crippen LogP contribution in [-0.2, 0) is 0 Å². The molecule has 25 heavy (non-hydrogen) atoms. The lowest BCUT2D eigenvalue weighted by Gasteiger charge is -2.32. The molecule has 4 rings (SSSR count). The zero-order chi connectivity index (χ0) is 17.2. The number of carbonyl (C=O) groups is 1. The van der Waals surface area contributed by atoms with Crippen molar-refractivity contribution in [3.8, 4) is 5.75 Å². The number of benzene rings is 1. The number of carbonyl (C=O) groups excluding carboxylic acids is 1. The van der Waals surface area contributed by atoms with Crippen molar-refractivity contribution in [2.24, 2.45) is 0 Å². The van der Waals surface area contributed by atoms with Crippen LogP contribution in [0.3, 0.4) is 0 Å². The van der Waals surface area contributed by atoms with Crippen LogP contribution in [0.2, 0.25) is 5.02 Å². The highest BCUT2D eigenvalue weighted by Gasteiger charge is 2.32. The summed E-state index contributed by atoms with van der Waals surface area (Å²) in [6.07, 6.45) is 4.82. The summed E-state index contributed by atoms with van der Waals surface area (Å²) in [6, 6.07) is 5.96. The predicted octanol–water partition coefficient (Wildman–Crippen LogP) is 2.39. The second-order valence-corrected chi connectivity index (χ2v) is 7.70. The number of hydrogen-bond donors (Lipinski definition) is 1. The van der Waals surface area contributed by atoms with Gasteiger partial charge in [-0.15, -0.1) is 0 Å². The molecule has 1 N–H and O–H groups in total. The minimum atomic E-state index is 0.0397. The summed E-state index contributed by atoms with van der Waals surface area (Å²) in [5.74, 6) is 0.809. The van der Waals surface area contributed by atoms with Crippen LogP contribution in [0.1, 0.15) is 36.0 Å². The van der Waals surface area contributed by atoms with E-state index < -0.39 is 0 Å². The lowest BCUT2D eigenvalue weighted by atomic mass is 9.96. The van der Waals surface area contributed by atoms with Crippen molar-refractivity contribution in [3.63, 3.8) is 0 Å². The third kappa shape index (κ3) is 3.78. The molecule has 1 atom stereocenters. The highest BCUT2D eigenvalue weighted by atomic mass is 35.5. The van der Waals surface area contributed by atoms with Gasteiger partial charge in [-0.3, -0.25) is 9.69 Å². The van der Waals surface area contributed by atoms with E-state index in [1.807, 2.05) is 17.0 Å². The Balaban J connectivity index is 1.38. The lowest BCUT2D eigenvalue weighted by Crippen LogP contribution is -2.49. The molecule has 1 aliphatic carbocycles. The molecular formula is C19H26ClN3O2. The number of ether oxygens (including phenoxy) is 1. The number of nitrogens with one attached hydrogen (secondary N) is 1. The fraction of sp³-hybridized carbons (Fsp3) is 0.632. The van der Waals surface area contributed by atoms with Gasteiger partial charge in [-0.25, -0.2) is 0 Å². The largest absolute Gasteiger partial charge is 0.490 e. The van der Waals surface area contributed by atoms with E-state index in [1.165, 1.54) is 6.42 Å². The molecule has 2 heterocycles. The average Bonchev–Trinajstić information content (AvgIpc) is 3.09. The summed E-state index contributed by atoms with van der Waals surface area (Å²) in [7, 11) is 0. The minimum absolute atomic E-state index is 0.0397. The zero-order valence-corrected chi connectivity index (χ0v) is 15.3. The molecule has 1 saturated carbocycles. The van der Waals surface area contributed by atoms with Crippen molar-refractivity contribution in [2.75, 3.05) is 39.3 Å². The molecule has 2 aliphatic heterocycles. The van der Waals surface area contributed by atoms with Crippen molar-refractivity contribution in [3.05, 3.63) is 28.8 Å². The smallest absolute Gasteiger partial charge is 0.255 e. The molecule has 6 heteroatoms. The van der Waals surface area contributed by atoms with Crippen LogP contribution in [0.25, 0.3) is 0 Å². The molecule has 1 aromatic carbocycles. The molecule has 1 amide bonds. The van der Waals surface area contributed by atoms with Gasteiger partial charge in [0, 0.05) is 45.3 Å². The maximum Gasteiger partial charge on any atom is 0.255 e. The number of nitrogens with zero attached hydrogens (tertiary/aromatic N) is 2. The Morgan fingerprint density at radius 3 is 2.64 bits per heavy atom. The molecular weight excluding hydrogens is 338 g/mol. The Morgan fingerprint density at radius 2 is 1.96 bits per heavy atom. The molecule has 0 radical (unpaired) electrons. The number of rotatable bonds is 4. The Labute approximate surface area is 154 Å². The van der Waals surface area contributed by atoms with Crippen LogP contribution in [0.4, 0.5) is 0 Å². The summed E-state index contributed by atoms with van der Waals surface area (Å²) < 4.78 is 5.87. The van der Waals surface area contributed by atoms with Crippen molar-refractivity contribution in [1.82, 2.24) is 15.1 Å². The molecule has 0 aromatic heterocycles. The standard InChI is InChI=1S/C19H26ClN3O2/c20-18-12-16(25-15-2-1-3-15)4-5-17(18)19(24)23-9-6-14(13-23)22-10-7-21-8-11-22/h4-5,12,14-15,21H,1-3,6-11,13H2. The van der Waals surface area contributed by atoms with Crippen molar-refractivity contribution < 1.29 is 9.53 Å². The second kappa shape index (κ2) is 7.52. The van der Waals surface area contributed by atoms with Gasteiger partial charge in [-0.2, -0.15) is 0 Å². The SMILES string of the molecule is O=C(c1ccc(OC2CCC2)cc1Cl)N1CCC(N2CCNCC2)C1. The summed E-state index contributed by atoms with van der Waals surface area (Å²) in [5, 5.41) is 3.87. The molecule has 0 spiro atoms. The Hall–Kier alpha value is -1.30. The van der Waals surface area contributed by atoms with E-state index in [9.17, 15) is 4.79 Å². The summed E-state index contributed by atoms with van der Waals surface area (Å²) in [4.78, 5) is 17.3. The zero-order valence-electron chi connectivity index (χ0n) is 14.5. The molecule has 1 unspecified atom stereocenters. The van der Waals surface area contributed by atoms with Crippen LogP contribution < -0.4 is 10.1 Å². The normalized spacial score (nSPS) is 25.0. The monoisotopic (exact) mass is 363 g/mol. The third-order valence-electron chi connectivity index (χ3n) is 5.64. The second-order valence-electron chi connectivity index (χ2n) is 7.29. The molecule has 2 saturated heterocycles. The number of hydrogen-bond acceptors (Lipinski definition) is 4. The first-order valence-corrected chi connectivity index (χ1v) is 9.79. The number of amides is 1. The Kier molecular flexibility index (Phi) is 5.15. The number of halogens is 1. The van der Waals surface area contributed by atoms with Crippen LogP contribution >= 0.6 is 11.6 Å². The fourth-order valence-corrected chi connectivity index (χ4v) is 4.12. The van der Waals surface area contributed by atoms with E-state index in [2.05, 4.69) is 10.2 Å². The van der Waals surface area contributed by atoms with Gasteiger partial charge in [-0.1, -0.05) is 11.6 Å². The van der Waals surface area contributed by atoms with Crippen LogP contribution in [0, 0.1) is 0 Å². The Bertz CT molecular complexity index is 629. The lowest BCUT2D eigenvalue weighted by molar-refractivity contribution is 0.0773. The van der Waals surface area contributed by atoms with E-state index in [4.69, 9.17) is 16.3 Å². The van der Waals surface area contributed by atoms with Crippen molar-refractivity contribution in [2.45, 2.75) is 37.8 Å². The van der Waals surface area contributed by atoms with Gasteiger partial charge >= 0.3 is 0 Å². The predicted molar refractivity (Wildman–Crippen MR) is 98.5 cm³/mol. The van der Waals surface area contributed by atoms with Gasteiger partial charge in [-0.05, 0) is 43.9 Å². The quantitative estimate of drug-likeness (QED) is 0.892. The van der Waals surface area contributed by atoms with Crippen molar-refractivity contribution in [1.29, 1.82) is 0 Å². The van der Waals surface area contributed by atoms with Gasteiger partial charge < -0.3 is 15.0 Å². The topological polar surface area (TPSA) is 44.8 Å². The van der Waals surface area contributed by atoms with Crippen LogP contribution in [0.5, 0.6) is 5.75 Å². The highest BCUT2D eigenvalue weighted by molar-refractivity contribution is 6.34. The third-order valence-corrected chi connectivity index (χ3v) is 5.96. The highest BCUT2D eigenvalue weighted by Crippen LogP contribution is 2.29. The Morgan fingerprint density at radius 1 is 1.16 bits per heavy atom. The van der Waals surface area contributed by atoms with Gasteiger partial charge in [0.15, 0.2) is 0 Å². The minimum Gasteiger partial charge on any atom is -0.490 e. The maximum absolute atomic E-state index is 12.9. The summed E-state index contributed by atoms with van der Waals surface area (Å²) in [6.45, 7) is 5.83. The summed E-state index contributed by atoms with van der Waals surface area (Å²) >= 11 is 6.39. The van der Waals surface area contributed by atoms with Crippen LogP contribution in [0.15, 0.2) is 18.2 Å². The first kappa shape index (κ1) is 17.1. The maximum atomic E-state index is 12.9. The van der Waals surface area contributed by atoms with Gasteiger partial charge in [0.1, 0.15) is 5.75 Å². The van der Waals surface area contributed by atoms with E-state index in [0.717, 1.165) is 64.3 Å². The number of piperazine rings is 1. The first-order valence-electron chi connectivity index (χ1n) is 9.41. The molecule has 1 aromatic rings. The molecule has 136 valence electrons. The average molecular weight is 364 g/mol.